The van der Waals surface area contributed by atoms with E-state index in [0.29, 0.717) is 5.92 Å². The zero-order valence-electron chi connectivity index (χ0n) is 10.1. The van der Waals surface area contributed by atoms with Gasteiger partial charge in [-0.15, -0.1) is 24.0 Å². The van der Waals surface area contributed by atoms with E-state index in [1.165, 1.54) is 22.5 Å². The van der Waals surface area contributed by atoms with E-state index in [0.717, 1.165) is 0 Å². The maximum absolute atomic E-state index is 2.28. The minimum Gasteiger partial charge on any atom is -0.344 e. The molecule has 0 atom stereocenters. The van der Waals surface area contributed by atoms with E-state index in [1.54, 1.807) is 0 Å². The van der Waals surface area contributed by atoms with Gasteiger partial charge >= 0.3 is 0 Å². The first kappa shape index (κ1) is 12.4. The second-order valence-electron chi connectivity index (χ2n) is 4.40. The summed E-state index contributed by atoms with van der Waals surface area (Å²) >= 11 is 0. The predicted octanol–water partition coefficient (Wildman–Crippen LogP) is 4.54. The van der Waals surface area contributed by atoms with Crippen LogP contribution >= 0.6 is 24.0 Å². The van der Waals surface area contributed by atoms with E-state index in [-0.39, 0.29) is 24.0 Å². The Morgan fingerprint density at radius 1 is 0.824 bits per heavy atom. The summed E-state index contributed by atoms with van der Waals surface area (Å²) in [6.07, 6.45) is 0. The highest BCUT2D eigenvalue weighted by Crippen LogP contribution is 2.43. The Balaban J connectivity index is 0.00000108. The van der Waals surface area contributed by atoms with E-state index >= 15 is 0 Å². The number of hydrogen-bond acceptors (Lipinski definition) is 1. The normalized spacial score (nSPS) is 13.6. The molecule has 0 saturated carbocycles. The minimum absolute atomic E-state index is 0. The maximum Gasteiger partial charge on any atom is 0.0446 e. The van der Waals surface area contributed by atoms with Crippen LogP contribution in [-0.2, 0) is 0 Å². The molecule has 0 bridgehead atoms. The Kier molecular flexibility index (Phi) is 3.43. The Morgan fingerprint density at radius 2 is 1.24 bits per heavy atom. The van der Waals surface area contributed by atoms with Gasteiger partial charge in [-0.25, -0.2) is 0 Å². The van der Waals surface area contributed by atoms with Crippen molar-refractivity contribution in [3.05, 3.63) is 59.7 Å². The van der Waals surface area contributed by atoms with Crippen molar-refractivity contribution in [3.63, 3.8) is 0 Å². The molecule has 1 nitrogen and oxygen atoms in total. The van der Waals surface area contributed by atoms with Crippen LogP contribution in [0.3, 0.4) is 0 Å². The van der Waals surface area contributed by atoms with Crippen LogP contribution in [0, 0.1) is 0 Å². The second-order valence-corrected chi connectivity index (χ2v) is 4.40. The number of fused-ring (bicyclic) bond motifs is 2. The molecule has 2 heteroatoms. The third-order valence-corrected chi connectivity index (χ3v) is 3.53. The summed E-state index contributed by atoms with van der Waals surface area (Å²) in [6.45, 7) is 2.28. The maximum atomic E-state index is 2.28. The first-order valence-corrected chi connectivity index (χ1v) is 5.70. The van der Waals surface area contributed by atoms with Crippen molar-refractivity contribution in [2.45, 2.75) is 12.8 Å². The average molecular weight is 337 g/mol. The van der Waals surface area contributed by atoms with Gasteiger partial charge in [0.1, 0.15) is 0 Å². The summed E-state index contributed by atoms with van der Waals surface area (Å²) in [7, 11) is 2.14. The molecule has 88 valence electrons. The SMILES string of the molecule is CC1c2ccccc2N(C)c2ccccc21.I. The quantitative estimate of drug-likeness (QED) is 0.638. The highest BCUT2D eigenvalue weighted by molar-refractivity contribution is 14.0. The van der Waals surface area contributed by atoms with E-state index in [9.17, 15) is 0 Å². The van der Waals surface area contributed by atoms with Gasteiger partial charge in [0.2, 0.25) is 0 Å². The molecule has 0 spiro atoms. The van der Waals surface area contributed by atoms with Crippen LogP contribution in [0.5, 0.6) is 0 Å². The molecule has 0 aromatic heterocycles. The van der Waals surface area contributed by atoms with Gasteiger partial charge in [0.25, 0.3) is 0 Å². The zero-order valence-corrected chi connectivity index (χ0v) is 12.4. The van der Waals surface area contributed by atoms with Crippen LogP contribution in [0.4, 0.5) is 11.4 Å². The van der Waals surface area contributed by atoms with Crippen molar-refractivity contribution in [2.75, 3.05) is 11.9 Å². The largest absolute Gasteiger partial charge is 0.344 e. The molecule has 3 rings (SSSR count). The molecule has 0 aliphatic carbocycles. The number of rotatable bonds is 0. The molecule has 17 heavy (non-hydrogen) atoms. The van der Waals surface area contributed by atoms with Crippen LogP contribution in [0.15, 0.2) is 48.5 Å². The molecule has 0 unspecified atom stereocenters. The lowest BCUT2D eigenvalue weighted by molar-refractivity contribution is 0.882. The number of para-hydroxylation sites is 2. The molecular weight excluding hydrogens is 321 g/mol. The minimum atomic E-state index is 0. The van der Waals surface area contributed by atoms with Crippen LogP contribution in [-0.4, -0.2) is 7.05 Å². The monoisotopic (exact) mass is 337 g/mol. The smallest absolute Gasteiger partial charge is 0.0446 e. The lowest BCUT2D eigenvalue weighted by Gasteiger charge is -2.33. The zero-order chi connectivity index (χ0) is 11.1. The van der Waals surface area contributed by atoms with Gasteiger partial charge in [-0.1, -0.05) is 43.3 Å². The lowest BCUT2D eigenvalue weighted by Crippen LogP contribution is -2.20. The highest BCUT2D eigenvalue weighted by Gasteiger charge is 2.24. The molecule has 0 N–H and O–H groups in total. The van der Waals surface area contributed by atoms with Gasteiger partial charge < -0.3 is 4.90 Å². The summed E-state index contributed by atoms with van der Waals surface area (Å²) in [5.74, 6) is 0.489. The van der Waals surface area contributed by atoms with Gasteiger partial charge in [-0.2, -0.15) is 0 Å². The first-order chi connectivity index (χ1) is 7.79. The summed E-state index contributed by atoms with van der Waals surface area (Å²) in [5.41, 5.74) is 5.50. The third-order valence-electron chi connectivity index (χ3n) is 3.53. The molecule has 0 saturated heterocycles. The lowest BCUT2D eigenvalue weighted by atomic mass is 9.86. The molecule has 1 heterocycles. The predicted molar refractivity (Wildman–Crippen MR) is 83.9 cm³/mol. The summed E-state index contributed by atoms with van der Waals surface area (Å²) in [6, 6.07) is 17.3. The highest BCUT2D eigenvalue weighted by atomic mass is 127. The summed E-state index contributed by atoms with van der Waals surface area (Å²) in [5, 5.41) is 0. The standard InChI is InChI=1S/C15H15N.HI/c1-11-12-7-3-5-9-14(12)16(2)15-10-6-4-8-13(11)15;/h3-11H,1-2H3;1H. The molecule has 2 aromatic rings. The number of anilines is 2. The third kappa shape index (κ3) is 1.84. The molecular formula is C15H16IN. The number of hydrogen-bond donors (Lipinski definition) is 0. The Labute approximate surface area is 119 Å². The van der Waals surface area contributed by atoms with Crippen molar-refractivity contribution in [1.82, 2.24) is 0 Å². The van der Waals surface area contributed by atoms with E-state index in [4.69, 9.17) is 0 Å². The van der Waals surface area contributed by atoms with Crippen molar-refractivity contribution < 1.29 is 0 Å². The van der Waals surface area contributed by atoms with Crippen LogP contribution in [0.2, 0.25) is 0 Å². The second kappa shape index (κ2) is 4.69. The topological polar surface area (TPSA) is 3.24 Å². The number of nitrogens with zero attached hydrogens (tertiary/aromatic N) is 1. The molecule has 0 fully saturated rings. The Bertz CT molecular complexity index is 440. The first-order valence-electron chi connectivity index (χ1n) is 5.70. The number of halogens is 1. The average Bonchev–Trinajstić information content (AvgIpc) is 2.36. The molecule has 1 aliphatic rings. The van der Waals surface area contributed by atoms with E-state index in [2.05, 4.69) is 67.4 Å². The van der Waals surface area contributed by atoms with Crippen LogP contribution in [0.25, 0.3) is 0 Å². The van der Waals surface area contributed by atoms with Gasteiger partial charge in [-0.3, -0.25) is 0 Å². The van der Waals surface area contributed by atoms with Gasteiger partial charge in [0, 0.05) is 24.3 Å². The molecule has 0 radical (unpaired) electrons. The van der Waals surface area contributed by atoms with Crippen molar-refractivity contribution in [2.24, 2.45) is 0 Å². The molecule has 2 aromatic carbocycles. The van der Waals surface area contributed by atoms with Crippen LogP contribution in [0.1, 0.15) is 24.0 Å². The van der Waals surface area contributed by atoms with Gasteiger partial charge in [-0.05, 0) is 23.3 Å². The van der Waals surface area contributed by atoms with Crippen LogP contribution < -0.4 is 4.90 Å². The van der Waals surface area contributed by atoms with Gasteiger partial charge in [0.15, 0.2) is 0 Å². The molecule has 0 amide bonds. The van der Waals surface area contributed by atoms with Crippen molar-refractivity contribution >= 4 is 35.4 Å². The molecule has 1 aliphatic heterocycles. The fraction of sp³-hybridized carbons (Fsp3) is 0.200. The fourth-order valence-electron chi connectivity index (χ4n) is 2.62. The van der Waals surface area contributed by atoms with Crippen molar-refractivity contribution in [3.8, 4) is 0 Å². The fourth-order valence-corrected chi connectivity index (χ4v) is 2.62. The van der Waals surface area contributed by atoms with Crippen molar-refractivity contribution in [1.29, 1.82) is 0 Å². The van der Waals surface area contributed by atoms with Gasteiger partial charge in [0.05, 0.1) is 0 Å². The Morgan fingerprint density at radius 3 is 1.71 bits per heavy atom. The van der Waals surface area contributed by atoms with E-state index < -0.39 is 0 Å². The summed E-state index contributed by atoms with van der Waals surface area (Å²) in [4.78, 5) is 2.28. The Hall–Kier alpha value is -1.03. The number of benzene rings is 2. The summed E-state index contributed by atoms with van der Waals surface area (Å²) < 4.78 is 0. The van der Waals surface area contributed by atoms with E-state index in [1.807, 2.05) is 0 Å².